The van der Waals surface area contributed by atoms with Crippen LogP contribution in [0.15, 0.2) is 0 Å². The molecule has 0 fully saturated rings. The molecule has 0 rings (SSSR count). The van der Waals surface area contributed by atoms with Crippen LogP contribution < -0.4 is 0 Å². The van der Waals surface area contributed by atoms with E-state index in [1.54, 1.807) is 0 Å². The molecule has 0 amide bonds. The molecule has 0 saturated carbocycles. The minimum Gasteiger partial charge on any atom is -0.480 e. The van der Waals surface area contributed by atoms with Crippen LogP contribution in [-0.2, 0) is 4.79 Å². The van der Waals surface area contributed by atoms with E-state index in [9.17, 15) is 9.90 Å². The van der Waals surface area contributed by atoms with Crippen LogP contribution >= 0.6 is 0 Å². The van der Waals surface area contributed by atoms with Gasteiger partial charge in [-0.1, -0.05) is 34.6 Å². The first-order valence-corrected chi connectivity index (χ1v) is 6.09. The molecule has 0 aromatic rings. The lowest BCUT2D eigenvalue weighted by atomic mass is 9.82. The first-order valence-electron chi connectivity index (χ1n) is 6.09. The maximum Gasteiger partial charge on any atom is 0.324 e. The smallest absolute Gasteiger partial charge is 0.324 e. The number of likely N-dealkylation sites (N-methyl/N-ethyl adjacent to an activating group) is 1. The SMILES string of the molecule is CCC(CC)(C(=O)O)N(C)C(C)C(C)(C)C. The molecule has 0 heterocycles. The number of carbonyl (C=O) groups is 1. The lowest BCUT2D eigenvalue weighted by Gasteiger charge is -2.45. The molecule has 3 heteroatoms. The van der Waals surface area contributed by atoms with Crippen LogP contribution in [-0.4, -0.2) is 34.6 Å². The van der Waals surface area contributed by atoms with Crippen molar-refractivity contribution in [3.8, 4) is 0 Å². The maximum atomic E-state index is 11.5. The highest BCUT2D eigenvalue weighted by molar-refractivity contribution is 5.78. The van der Waals surface area contributed by atoms with Crippen molar-refractivity contribution in [2.24, 2.45) is 5.41 Å². The van der Waals surface area contributed by atoms with Crippen molar-refractivity contribution in [3.05, 3.63) is 0 Å². The Morgan fingerprint density at radius 3 is 1.81 bits per heavy atom. The van der Waals surface area contributed by atoms with Gasteiger partial charge < -0.3 is 5.11 Å². The van der Waals surface area contributed by atoms with Crippen LogP contribution in [0, 0.1) is 5.41 Å². The summed E-state index contributed by atoms with van der Waals surface area (Å²) in [5, 5.41) is 9.47. The third-order valence-electron chi connectivity index (χ3n) is 4.08. The summed E-state index contributed by atoms with van der Waals surface area (Å²) >= 11 is 0. The van der Waals surface area contributed by atoms with Gasteiger partial charge in [-0.05, 0) is 32.2 Å². The summed E-state index contributed by atoms with van der Waals surface area (Å²) in [7, 11) is 1.93. The second-order valence-electron chi connectivity index (χ2n) is 5.70. The zero-order chi connectivity index (χ0) is 13.1. The molecule has 0 aromatic carbocycles. The molecule has 1 atom stereocenters. The molecule has 16 heavy (non-hydrogen) atoms. The first-order chi connectivity index (χ1) is 7.13. The van der Waals surface area contributed by atoms with Gasteiger partial charge in [-0.2, -0.15) is 0 Å². The van der Waals surface area contributed by atoms with Crippen molar-refractivity contribution in [1.82, 2.24) is 4.90 Å². The quantitative estimate of drug-likeness (QED) is 0.788. The minimum absolute atomic E-state index is 0.0831. The van der Waals surface area contributed by atoms with E-state index in [4.69, 9.17) is 0 Å². The summed E-state index contributed by atoms with van der Waals surface area (Å²) in [5.41, 5.74) is -0.646. The molecule has 1 unspecified atom stereocenters. The molecular weight excluding hydrogens is 202 g/mol. The maximum absolute atomic E-state index is 11.5. The normalized spacial score (nSPS) is 15.2. The summed E-state index contributed by atoms with van der Waals surface area (Å²) < 4.78 is 0. The van der Waals surface area contributed by atoms with Crippen LogP contribution in [0.2, 0.25) is 0 Å². The lowest BCUT2D eigenvalue weighted by molar-refractivity contribution is -0.154. The number of carboxylic acids is 1. The molecule has 1 N–H and O–H groups in total. The third kappa shape index (κ3) is 2.76. The molecule has 0 aliphatic heterocycles. The van der Waals surface area contributed by atoms with Gasteiger partial charge in [0, 0.05) is 6.04 Å². The summed E-state index contributed by atoms with van der Waals surface area (Å²) in [4.78, 5) is 13.5. The molecule has 96 valence electrons. The van der Waals surface area contributed by atoms with E-state index in [1.165, 1.54) is 0 Å². The van der Waals surface area contributed by atoms with E-state index in [1.807, 2.05) is 25.8 Å². The first kappa shape index (κ1) is 15.4. The van der Waals surface area contributed by atoms with E-state index in [-0.39, 0.29) is 11.5 Å². The highest BCUT2D eigenvalue weighted by atomic mass is 16.4. The molecule has 0 spiro atoms. The monoisotopic (exact) mass is 229 g/mol. The number of hydrogen-bond acceptors (Lipinski definition) is 2. The van der Waals surface area contributed by atoms with E-state index < -0.39 is 11.5 Å². The molecule has 0 aliphatic rings. The van der Waals surface area contributed by atoms with Gasteiger partial charge >= 0.3 is 5.97 Å². The standard InChI is InChI=1S/C13H27NO2/c1-8-13(9-2,11(15)16)14(7)10(3)12(4,5)6/h10H,8-9H2,1-7H3,(H,15,16). The van der Waals surface area contributed by atoms with Crippen molar-refractivity contribution in [3.63, 3.8) is 0 Å². The Morgan fingerprint density at radius 2 is 1.62 bits per heavy atom. The number of aliphatic carboxylic acids is 1. The average molecular weight is 229 g/mol. The Hall–Kier alpha value is -0.570. The van der Waals surface area contributed by atoms with E-state index in [0.717, 1.165) is 0 Å². The highest BCUT2D eigenvalue weighted by Crippen LogP contribution is 2.32. The van der Waals surface area contributed by atoms with Crippen molar-refractivity contribution in [2.45, 2.75) is 66.0 Å². The Labute approximate surface area is 99.8 Å². The number of hydrogen-bond donors (Lipinski definition) is 1. The van der Waals surface area contributed by atoms with Crippen LogP contribution in [0.1, 0.15) is 54.4 Å². The number of carboxylic acid groups (broad SMARTS) is 1. The second kappa shape index (κ2) is 5.17. The molecule has 3 nitrogen and oxygen atoms in total. The van der Waals surface area contributed by atoms with E-state index in [2.05, 4.69) is 27.7 Å². The predicted octanol–water partition coefficient (Wildman–Crippen LogP) is 3.00. The summed E-state index contributed by atoms with van der Waals surface area (Å²) in [6.07, 6.45) is 1.27. The predicted molar refractivity (Wildman–Crippen MR) is 67.6 cm³/mol. The molecule has 0 saturated heterocycles. The largest absolute Gasteiger partial charge is 0.480 e. The van der Waals surface area contributed by atoms with Gasteiger partial charge in [0.1, 0.15) is 5.54 Å². The fourth-order valence-corrected chi connectivity index (χ4v) is 2.15. The van der Waals surface area contributed by atoms with Crippen molar-refractivity contribution >= 4 is 5.97 Å². The molecule has 0 bridgehead atoms. The van der Waals surface area contributed by atoms with Crippen LogP contribution in [0.5, 0.6) is 0 Å². The van der Waals surface area contributed by atoms with Gasteiger partial charge in [0.05, 0.1) is 0 Å². The molecule has 0 radical (unpaired) electrons. The van der Waals surface area contributed by atoms with Crippen LogP contribution in [0.4, 0.5) is 0 Å². The summed E-state index contributed by atoms with van der Waals surface area (Å²) in [6, 6.07) is 0.225. The Morgan fingerprint density at radius 1 is 1.25 bits per heavy atom. The van der Waals surface area contributed by atoms with Gasteiger partial charge in [-0.25, -0.2) is 0 Å². The number of nitrogens with zero attached hydrogens (tertiary/aromatic N) is 1. The van der Waals surface area contributed by atoms with Gasteiger partial charge in [-0.3, -0.25) is 9.69 Å². The molecular formula is C13H27NO2. The Bertz CT molecular complexity index is 239. The zero-order valence-corrected chi connectivity index (χ0v) is 11.8. The van der Waals surface area contributed by atoms with Gasteiger partial charge in [0.2, 0.25) is 0 Å². The zero-order valence-electron chi connectivity index (χ0n) is 11.8. The third-order valence-corrected chi connectivity index (χ3v) is 4.08. The Balaban J connectivity index is 5.17. The lowest BCUT2D eigenvalue weighted by Crippen LogP contribution is -2.58. The topological polar surface area (TPSA) is 40.5 Å². The number of rotatable bonds is 5. The van der Waals surface area contributed by atoms with Gasteiger partial charge in [0.15, 0.2) is 0 Å². The van der Waals surface area contributed by atoms with E-state index >= 15 is 0 Å². The summed E-state index contributed by atoms with van der Waals surface area (Å²) in [5.74, 6) is -0.712. The van der Waals surface area contributed by atoms with Crippen LogP contribution in [0.3, 0.4) is 0 Å². The molecule has 0 aromatic heterocycles. The van der Waals surface area contributed by atoms with Crippen molar-refractivity contribution in [2.75, 3.05) is 7.05 Å². The fourth-order valence-electron chi connectivity index (χ4n) is 2.15. The van der Waals surface area contributed by atoms with Crippen molar-refractivity contribution in [1.29, 1.82) is 0 Å². The van der Waals surface area contributed by atoms with Gasteiger partial charge in [-0.15, -0.1) is 0 Å². The van der Waals surface area contributed by atoms with E-state index in [0.29, 0.717) is 12.8 Å². The Kier molecular flexibility index (Phi) is 4.99. The van der Waals surface area contributed by atoms with Crippen molar-refractivity contribution < 1.29 is 9.90 Å². The second-order valence-corrected chi connectivity index (χ2v) is 5.70. The summed E-state index contributed by atoms with van der Waals surface area (Å²) in [6.45, 7) is 12.4. The molecule has 0 aliphatic carbocycles. The van der Waals surface area contributed by atoms with Gasteiger partial charge in [0.25, 0.3) is 0 Å². The minimum atomic E-state index is -0.729. The van der Waals surface area contributed by atoms with Crippen LogP contribution in [0.25, 0.3) is 0 Å². The average Bonchev–Trinajstić information content (AvgIpc) is 2.17. The highest BCUT2D eigenvalue weighted by Gasteiger charge is 2.43. The fraction of sp³-hybridized carbons (Fsp3) is 0.923.